The van der Waals surface area contributed by atoms with Crippen LogP contribution in [0.1, 0.15) is 34.1 Å². The summed E-state index contributed by atoms with van der Waals surface area (Å²) in [7, 11) is 0. The number of nitrogens with two attached hydrogens (primary N) is 1. The molecule has 4 N–H and O–H groups in total. The molecule has 0 radical (unpaired) electrons. The lowest BCUT2D eigenvalue weighted by molar-refractivity contribution is -0.142. The lowest BCUT2D eigenvalue weighted by atomic mass is 9.97. The van der Waals surface area contributed by atoms with Gasteiger partial charge in [-0.2, -0.15) is 0 Å². The second-order valence-corrected chi connectivity index (χ2v) is 5.18. The number of rotatable bonds is 7. The predicted octanol–water partition coefficient (Wildman–Crippen LogP) is 0.833. The van der Waals surface area contributed by atoms with Crippen molar-refractivity contribution in [3.63, 3.8) is 0 Å². The molecule has 0 fully saturated rings. The van der Waals surface area contributed by atoms with Gasteiger partial charge in [-0.3, -0.25) is 9.59 Å². The summed E-state index contributed by atoms with van der Waals surface area (Å²) in [6.45, 7) is 7.77. The quantitative estimate of drug-likeness (QED) is 0.618. The number of hydrogen-bond acceptors (Lipinski definition) is 3. The topological polar surface area (TPSA) is 92.4 Å². The molecule has 0 spiro atoms. The maximum atomic E-state index is 11.6. The van der Waals surface area contributed by atoms with E-state index in [-0.39, 0.29) is 24.3 Å². The molecule has 0 heterocycles. The first-order valence-corrected chi connectivity index (χ1v) is 6.01. The molecule has 0 saturated carbocycles. The molecule has 0 saturated heterocycles. The fraction of sp³-hybridized carbons (Fsp3) is 0.833. The van der Waals surface area contributed by atoms with E-state index in [4.69, 9.17) is 10.8 Å². The van der Waals surface area contributed by atoms with Crippen LogP contribution in [0.2, 0.25) is 0 Å². The Bertz CT molecular complexity index is 264. The van der Waals surface area contributed by atoms with Crippen molar-refractivity contribution in [3.8, 4) is 0 Å². The molecule has 0 aromatic heterocycles. The molecule has 1 amide bonds. The van der Waals surface area contributed by atoms with Crippen LogP contribution in [0.25, 0.3) is 0 Å². The molecule has 0 aliphatic heterocycles. The van der Waals surface area contributed by atoms with Gasteiger partial charge in [-0.05, 0) is 18.3 Å². The third-order valence-electron chi connectivity index (χ3n) is 2.65. The molecule has 17 heavy (non-hydrogen) atoms. The lowest BCUT2D eigenvalue weighted by Gasteiger charge is -2.19. The van der Waals surface area contributed by atoms with Crippen molar-refractivity contribution in [2.45, 2.75) is 40.2 Å². The SMILES string of the molecule is CC(C)CC(CNC(=O)[C@H](N)C(C)C)C(=O)O. The van der Waals surface area contributed by atoms with E-state index in [9.17, 15) is 9.59 Å². The van der Waals surface area contributed by atoms with Gasteiger partial charge in [-0.1, -0.05) is 27.7 Å². The maximum Gasteiger partial charge on any atom is 0.308 e. The van der Waals surface area contributed by atoms with Gasteiger partial charge in [0.25, 0.3) is 0 Å². The van der Waals surface area contributed by atoms with E-state index in [1.54, 1.807) is 0 Å². The van der Waals surface area contributed by atoms with E-state index in [2.05, 4.69) is 5.32 Å². The standard InChI is InChI=1S/C12H24N2O3/c1-7(2)5-9(12(16)17)6-14-11(15)10(13)8(3)4/h7-10H,5-6,13H2,1-4H3,(H,14,15)(H,16,17)/t9?,10-/m1/s1. The summed E-state index contributed by atoms with van der Waals surface area (Å²) in [6, 6.07) is -0.580. The van der Waals surface area contributed by atoms with Crippen LogP contribution in [0.5, 0.6) is 0 Å². The second kappa shape index (κ2) is 7.27. The van der Waals surface area contributed by atoms with Crippen LogP contribution in [0.4, 0.5) is 0 Å². The number of amides is 1. The van der Waals surface area contributed by atoms with Gasteiger partial charge in [0.05, 0.1) is 12.0 Å². The van der Waals surface area contributed by atoms with Gasteiger partial charge in [-0.15, -0.1) is 0 Å². The van der Waals surface area contributed by atoms with Crippen molar-refractivity contribution < 1.29 is 14.7 Å². The summed E-state index contributed by atoms with van der Waals surface area (Å²) in [5, 5.41) is 11.6. The molecular weight excluding hydrogens is 220 g/mol. The largest absolute Gasteiger partial charge is 0.481 e. The van der Waals surface area contributed by atoms with Crippen LogP contribution < -0.4 is 11.1 Å². The Morgan fingerprint density at radius 2 is 1.76 bits per heavy atom. The minimum Gasteiger partial charge on any atom is -0.481 e. The molecular formula is C12H24N2O3. The zero-order valence-electron chi connectivity index (χ0n) is 11.1. The second-order valence-electron chi connectivity index (χ2n) is 5.18. The van der Waals surface area contributed by atoms with Gasteiger partial charge in [0.1, 0.15) is 0 Å². The zero-order valence-corrected chi connectivity index (χ0v) is 11.1. The van der Waals surface area contributed by atoms with Crippen molar-refractivity contribution in [2.75, 3.05) is 6.54 Å². The summed E-state index contributed by atoms with van der Waals surface area (Å²) >= 11 is 0. The summed E-state index contributed by atoms with van der Waals surface area (Å²) in [4.78, 5) is 22.5. The van der Waals surface area contributed by atoms with Crippen LogP contribution >= 0.6 is 0 Å². The number of carboxylic acids is 1. The Kier molecular flexibility index (Phi) is 6.80. The van der Waals surface area contributed by atoms with Crippen LogP contribution in [0.3, 0.4) is 0 Å². The van der Waals surface area contributed by atoms with E-state index >= 15 is 0 Å². The summed E-state index contributed by atoms with van der Waals surface area (Å²) < 4.78 is 0. The zero-order chi connectivity index (χ0) is 13.6. The van der Waals surface area contributed by atoms with Crippen LogP contribution in [-0.4, -0.2) is 29.6 Å². The number of nitrogens with one attached hydrogen (secondary N) is 1. The molecule has 100 valence electrons. The molecule has 1 unspecified atom stereocenters. The van der Waals surface area contributed by atoms with Crippen LogP contribution in [0.15, 0.2) is 0 Å². The third-order valence-corrected chi connectivity index (χ3v) is 2.65. The molecule has 5 heteroatoms. The minimum absolute atomic E-state index is 0.0448. The molecule has 0 rings (SSSR count). The van der Waals surface area contributed by atoms with Gasteiger partial charge in [0, 0.05) is 6.54 Å². The summed E-state index contributed by atoms with van der Waals surface area (Å²) in [5.74, 6) is -1.37. The first kappa shape index (κ1) is 15.9. The Labute approximate surface area is 103 Å². The van der Waals surface area contributed by atoms with E-state index in [0.717, 1.165) is 0 Å². The van der Waals surface area contributed by atoms with Gasteiger partial charge >= 0.3 is 5.97 Å². The molecule has 0 aromatic carbocycles. The Morgan fingerprint density at radius 1 is 1.24 bits per heavy atom. The van der Waals surface area contributed by atoms with E-state index in [1.165, 1.54) is 0 Å². The number of carboxylic acid groups (broad SMARTS) is 1. The van der Waals surface area contributed by atoms with E-state index in [1.807, 2.05) is 27.7 Å². The smallest absolute Gasteiger partial charge is 0.308 e. The lowest BCUT2D eigenvalue weighted by Crippen LogP contribution is -2.46. The van der Waals surface area contributed by atoms with E-state index in [0.29, 0.717) is 6.42 Å². The highest BCUT2D eigenvalue weighted by molar-refractivity contribution is 5.82. The average molecular weight is 244 g/mol. The van der Waals surface area contributed by atoms with Gasteiger partial charge in [0.15, 0.2) is 0 Å². The van der Waals surface area contributed by atoms with Gasteiger partial charge in [0.2, 0.25) is 5.91 Å². The molecule has 2 atom stereocenters. The number of carbonyl (C=O) groups is 2. The molecule has 0 aliphatic rings. The maximum absolute atomic E-state index is 11.6. The van der Waals surface area contributed by atoms with Crippen molar-refractivity contribution in [1.29, 1.82) is 0 Å². The van der Waals surface area contributed by atoms with Crippen LogP contribution in [-0.2, 0) is 9.59 Å². The normalized spacial score (nSPS) is 14.8. The highest BCUT2D eigenvalue weighted by atomic mass is 16.4. The highest BCUT2D eigenvalue weighted by Crippen LogP contribution is 2.11. The first-order chi connectivity index (χ1) is 7.75. The summed E-state index contributed by atoms with van der Waals surface area (Å²) in [5.41, 5.74) is 5.66. The molecule has 0 aromatic rings. The Balaban J connectivity index is 4.22. The van der Waals surface area contributed by atoms with E-state index < -0.39 is 17.9 Å². The van der Waals surface area contributed by atoms with Gasteiger partial charge in [-0.25, -0.2) is 0 Å². The highest BCUT2D eigenvalue weighted by Gasteiger charge is 2.22. The third kappa shape index (κ3) is 6.26. The van der Waals surface area contributed by atoms with Crippen molar-refractivity contribution >= 4 is 11.9 Å². The number of carbonyl (C=O) groups excluding carboxylic acids is 1. The van der Waals surface area contributed by atoms with Crippen molar-refractivity contribution in [3.05, 3.63) is 0 Å². The summed E-state index contributed by atoms with van der Waals surface area (Å²) in [6.07, 6.45) is 0.548. The molecule has 5 nitrogen and oxygen atoms in total. The monoisotopic (exact) mass is 244 g/mol. The predicted molar refractivity (Wildman–Crippen MR) is 66.4 cm³/mol. The fourth-order valence-corrected chi connectivity index (χ4v) is 1.48. The number of hydrogen-bond donors (Lipinski definition) is 3. The molecule has 0 bridgehead atoms. The minimum atomic E-state index is -0.878. The van der Waals surface area contributed by atoms with Crippen molar-refractivity contribution in [2.24, 2.45) is 23.5 Å². The molecule has 0 aliphatic carbocycles. The Morgan fingerprint density at radius 3 is 2.12 bits per heavy atom. The van der Waals surface area contributed by atoms with Crippen molar-refractivity contribution in [1.82, 2.24) is 5.32 Å². The number of aliphatic carboxylic acids is 1. The van der Waals surface area contributed by atoms with Gasteiger partial charge < -0.3 is 16.2 Å². The average Bonchev–Trinajstić information content (AvgIpc) is 2.21. The Hall–Kier alpha value is -1.10. The first-order valence-electron chi connectivity index (χ1n) is 6.01. The fourth-order valence-electron chi connectivity index (χ4n) is 1.48. The van der Waals surface area contributed by atoms with Crippen LogP contribution in [0, 0.1) is 17.8 Å².